The largest absolute Gasteiger partial charge is 0.465 e. The summed E-state index contributed by atoms with van der Waals surface area (Å²) in [6.45, 7) is 1.60. The first kappa shape index (κ1) is 8.98. The Morgan fingerprint density at radius 1 is 1.67 bits per heavy atom. The van der Waals surface area contributed by atoms with Gasteiger partial charge >= 0.3 is 5.97 Å². The Kier molecular flexibility index (Phi) is 3.89. The zero-order chi connectivity index (χ0) is 7.44. The summed E-state index contributed by atoms with van der Waals surface area (Å²) in [5.41, 5.74) is 0. The van der Waals surface area contributed by atoms with Crippen molar-refractivity contribution in [3.05, 3.63) is 9.51 Å². The van der Waals surface area contributed by atoms with Gasteiger partial charge in [0.2, 0.25) is 0 Å². The monoisotopic (exact) mass is 212 g/mol. The quantitative estimate of drug-likeness (QED) is 0.492. The van der Waals surface area contributed by atoms with Crippen molar-refractivity contribution in [2.45, 2.75) is 6.92 Å². The van der Waals surface area contributed by atoms with E-state index in [0.29, 0.717) is 5.03 Å². The molecule has 4 heteroatoms. The fraction of sp³-hybridized carbons (Fsp3) is 0.400. The average Bonchev–Trinajstić information content (AvgIpc) is 1.84. The molecule has 0 aliphatic rings. The van der Waals surface area contributed by atoms with Crippen LogP contribution in [-0.2, 0) is 9.53 Å². The van der Waals surface area contributed by atoms with E-state index >= 15 is 0 Å². The van der Waals surface area contributed by atoms with Crippen LogP contribution in [0.2, 0.25) is 0 Å². The minimum Gasteiger partial charge on any atom is -0.465 e. The highest BCUT2D eigenvalue weighted by Crippen LogP contribution is 2.15. The van der Waals surface area contributed by atoms with Gasteiger partial charge in [-0.05, 0) is 22.9 Å². The highest BCUT2D eigenvalue weighted by Gasteiger charge is 2.06. The maximum absolute atomic E-state index is 10.5. The van der Waals surface area contributed by atoms with Crippen molar-refractivity contribution in [1.82, 2.24) is 0 Å². The number of halogens is 2. The first-order chi connectivity index (χ1) is 4.09. The number of ether oxygens (including phenoxy) is 1. The summed E-state index contributed by atoms with van der Waals surface area (Å²) >= 11 is 8.37. The van der Waals surface area contributed by atoms with Gasteiger partial charge in [0.1, 0.15) is 4.48 Å². The minimum atomic E-state index is -0.456. The summed E-state index contributed by atoms with van der Waals surface area (Å²) in [6, 6.07) is 0. The second-order valence-corrected chi connectivity index (χ2v) is 2.70. The predicted octanol–water partition coefficient (Wildman–Crippen LogP) is 2.02. The van der Waals surface area contributed by atoms with Crippen molar-refractivity contribution in [2.24, 2.45) is 0 Å². The molecule has 0 aliphatic carbocycles. The first-order valence-electron chi connectivity index (χ1n) is 2.19. The molecule has 0 aromatic heterocycles. The molecule has 0 unspecified atom stereocenters. The van der Waals surface area contributed by atoms with Gasteiger partial charge in [-0.15, -0.1) is 0 Å². The molecule has 2 nitrogen and oxygen atoms in total. The lowest BCUT2D eigenvalue weighted by molar-refractivity contribution is -0.135. The second-order valence-electron chi connectivity index (χ2n) is 1.34. The lowest BCUT2D eigenvalue weighted by atomic mass is 10.5. The standard InChI is InChI=1S/C5H6BrClO2/c1-3(7)4(6)5(8)9-2/h1-2H3. The fourth-order valence-electron chi connectivity index (χ4n) is 0.230. The van der Waals surface area contributed by atoms with Crippen molar-refractivity contribution < 1.29 is 9.53 Å². The van der Waals surface area contributed by atoms with Crippen molar-refractivity contribution in [1.29, 1.82) is 0 Å². The van der Waals surface area contributed by atoms with Crippen molar-refractivity contribution >= 4 is 33.5 Å². The van der Waals surface area contributed by atoms with E-state index in [1.165, 1.54) is 7.11 Å². The summed E-state index contributed by atoms with van der Waals surface area (Å²) in [7, 11) is 1.30. The molecule has 0 N–H and O–H groups in total. The van der Waals surface area contributed by atoms with Crippen LogP contribution in [0.3, 0.4) is 0 Å². The van der Waals surface area contributed by atoms with Gasteiger partial charge in [0.05, 0.1) is 7.11 Å². The lowest BCUT2D eigenvalue weighted by Gasteiger charge is -1.95. The van der Waals surface area contributed by atoms with E-state index in [1.54, 1.807) is 6.92 Å². The molecule has 52 valence electrons. The highest BCUT2D eigenvalue weighted by molar-refractivity contribution is 9.12. The summed E-state index contributed by atoms with van der Waals surface area (Å²) in [5.74, 6) is -0.456. The molecular formula is C5H6BrClO2. The molecule has 0 aromatic carbocycles. The molecule has 0 saturated heterocycles. The zero-order valence-electron chi connectivity index (χ0n) is 5.07. The third kappa shape index (κ3) is 2.87. The molecule has 0 radical (unpaired) electrons. The molecule has 0 aromatic rings. The van der Waals surface area contributed by atoms with Crippen LogP contribution in [-0.4, -0.2) is 13.1 Å². The number of rotatable bonds is 1. The molecule has 0 fully saturated rings. The molecule has 0 atom stereocenters. The van der Waals surface area contributed by atoms with Gasteiger partial charge < -0.3 is 4.74 Å². The summed E-state index contributed by atoms with van der Waals surface area (Å²) in [5, 5.41) is 0.391. The molecule has 0 heterocycles. The molecular weight excluding hydrogens is 207 g/mol. The van der Waals surface area contributed by atoms with Crippen LogP contribution in [0.4, 0.5) is 0 Å². The highest BCUT2D eigenvalue weighted by atomic mass is 79.9. The Bertz CT molecular complexity index is 149. The van der Waals surface area contributed by atoms with Crippen LogP contribution >= 0.6 is 27.5 Å². The van der Waals surface area contributed by atoms with E-state index in [-0.39, 0.29) is 4.48 Å². The summed E-state index contributed by atoms with van der Waals surface area (Å²) in [6.07, 6.45) is 0. The van der Waals surface area contributed by atoms with Crippen LogP contribution < -0.4 is 0 Å². The summed E-state index contributed by atoms with van der Waals surface area (Å²) < 4.78 is 4.62. The smallest absolute Gasteiger partial charge is 0.346 e. The third-order valence-corrected chi connectivity index (χ3v) is 2.00. The Balaban J connectivity index is 4.21. The molecule has 0 spiro atoms. The van der Waals surface area contributed by atoms with Gasteiger partial charge in [-0.25, -0.2) is 4.79 Å². The number of carbonyl (C=O) groups is 1. The van der Waals surface area contributed by atoms with Gasteiger partial charge in [-0.2, -0.15) is 0 Å². The Morgan fingerprint density at radius 3 is 2.22 bits per heavy atom. The van der Waals surface area contributed by atoms with E-state index in [2.05, 4.69) is 20.7 Å². The van der Waals surface area contributed by atoms with Gasteiger partial charge in [0, 0.05) is 5.03 Å². The third-order valence-electron chi connectivity index (χ3n) is 0.667. The van der Waals surface area contributed by atoms with E-state index in [4.69, 9.17) is 11.6 Å². The average molecular weight is 213 g/mol. The number of hydrogen-bond acceptors (Lipinski definition) is 2. The lowest BCUT2D eigenvalue weighted by Crippen LogP contribution is -1.99. The van der Waals surface area contributed by atoms with Crippen LogP contribution in [0.5, 0.6) is 0 Å². The number of esters is 1. The van der Waals surface area contributed by atoms with Crippen LogP contribution in [0, 0.1) is 0 Å². The normalized spacial score (nSPS) is 12.4. The Labute approximate surface area is 67.0 Å². The van der Waals surface area contributed by atoms with Gasteiger partial charge in [-0.3, -0.25) is 0 Å². The number of methoxy groups -OCH3 is 1. The molecule has 0 saturated carbocycles. The Morgan fingerprint density at radius 2 is 2.11 bits per heavy atom. The van der Waals surface area contributed by atoms with Gasteiger partial charge in [0.15, 0.2) is 0 Å². The SMILES string of the molecule is COC(=O)C(Br)=C(C)Cl. The van der Waals surface area contributed by atoms with Gasteiger partial charge in [0.25, 0.3) is 0 Å². The molecule has 9 heavy (non-hydrogen) atoms. The van der Waals surface area contributed by atoms with E-state index in [1.807, 2.05) is 0 Å². The van der Waals surface area contributed by atoms with Crippen molar-refractivity contribution in [2.75, 3.05) is 7.11 Å². The van der Waals surface area contributed by atoms with Crippen LogP contribution in [0.1, 0.15) is 6.92 Å². The van der Waals surface area contributed by atoms with Crippen molar-refractivity contribution in [3.8, 4) is 0 Å². The van der Waals surface area contributed by atoms with Gasteiger partial charge in [-0.1, -0.05) is 11.6 Å². The van der Waals surface area contributed by atoms with Crippen LogP contribution in [0.15, 0.2) is 9.51 Å². The molecule has 0 aliphatic heterocycles. The summed E-state index contributed by atoms with van der Waals surface area (Å²) in [4.78, 5) is 10.5. The molecule has 0 bridgehead atoms. The fourth-order valence-corrected chi connectivity index (χ4v) is 0.469. The molecule has 0 amide bonds. The predicted molar refractivity (Wildman–Crippen MR) is 39.5 cm³/mol. The van der Waals surface area contributed by atoms with Crippen molar-refractivity contribution in [3.63, 3.8) is 0 Å². The maximum atomic E-state index is 10.5. The topological polar surface area (TPSA) is 26.3 Å². The van der Waals surface area contributed by atoms with E-state index in [0.717, 1.165) is 0 Å². The van der Waals surface area contributed by atoms with E-state index in [9.17, 15) is 4.79 Å². The zero-order valence-corrected chi connectivity index (χ0v) is 7.41. The first-order valence-corrected chi connectivity index (χ1v) is 3.37. The second kappa shape index (κ2) is 3.90. The van der Waals surface area contributed by atoms with Crippen LogP contribution in [0.25, 0.3) is 0 Å². The van der Waals surface area contributed by atoms with E-state index < -0.39 is 5.97 Å². The molecule has 0 rings (SSSR count). The maximum Gasteiger partial charge on any atom is 0.346 e. The number of allylic oxidation sites excluding steroid dienone is 1. The minimum absolute atomic E-state index is 0.270. The Hall–Kier alpha value is -0.0200. The number of hydrogen-bond donors (Lipinski definition) is 0. The number of carbonyl (C=O) groups excluding carboxylic acids is 1.